The molecule has 4 nitrogen and oxygen atoms in total. The van der Waals surface area contributed by atoms with Crippen molar-refractivity contribution in [1.29, 1.82) is 0 Å². The van der Waals surface area contributed by atoms with Gasteiger partial charge in [-0.15, -0.1) is 0 Å². The summed E-state index contributed by atoms with van der Waals surface area (Å²) in [4.78, 5) is 12.7. The van der Waals surface area contributed by atoms with E-state index in [0.29, 0.717) is 5.92 Å². The highest BCUT2D eigenvalue weighted by Gasteiger charge is 2.52. The highest BCUT2D eigenvalue weighted by molar-refractivity contribution is 5.73. The molecule has 2 fully saturated rings. The zero-order valence-electron chi connectivity index (χ0n) is 10.6. The van der Waals surface area contributed by atoms with Gasteiger partial charge >= 0.3 is 0 Å². The molecule has 2 atom stereocenters. The van der Waals surface area contributed by atoms with E-state index >= 15 is 0 Å². The number of nitrogens with one attached hydrogen (secondary N) is 2. The van der Waals surface area contributed by atoms with Crippen LogP contribution in [0.15, 0.2) is 12.1 Å². The molecule has 94 valence electrons. The first-order valence-electron chi connectivity index (χ1n) is 6.91. The van der Waals surface area contributed by atoms with Crippen molar-refractivity contribution in [2.45, 2.75) is 31.6 Å². The van der Waals surface area contributed by atoms with E-state index in [1.807, 2.05) is 13.1 Å². The monoisotopic (exact) mass is 242 g/mol. The SMILES string of the molecule is CNc1ccc2[nH]c(C3C4CCCCC43)nc2n1. The van der Waals surface area contributed by atoms with Gasteiger partial charge in [0.15, 0.2) is 5.65 Å². The number of hydrogen-bond donors (Lipinski definition) is 2. The van der Waals surface area contributed by atoms with Gasteiger partial charge in [-0.05, 0) is 36.8 Å². The third-order valence-corrected chi connectivity index (χ3v) is 4.59. The molecule has 2 unspecified atom stereocenters. The van der Waals surface area contributed by atoms with Crippen molar-refractivity contribution < 1.29 is 0 Å². The predicted octanol–water partition coefficient (Wildman–Crippen LogP) is 2.90. The molecule has 2 aliphatic carbocycles. The zero-order valence-corrected chi connectivity index (χ0v) is 10.6. The van der Waals surface area contributed by atoms with Crippen molar-refractivity contribution in [3.8, 4) is 0 Å². The number of pyridine rings is 1. The van der Waals surface area contributed by atoms with Gasteiger partial charge in [0, 0.05) is 13.0 Å². The summed E-state index contributed by atoms with van der Waals surface area (Å²) in [6.07, 6.45) is 5.59. The number of nitrogens with zero attached hydrogens (tertiary/aromatic N) is 2. The maximum absolute atomic E-state index is 4.70. The molecule has 2 aliphatic rings. The van der Waals surface area contributed by atoms with Crippen LogP contribution in [-0.4, -0.2) is 22.0 Å². The number of imidazole rings is 1. The molecule has 4 heteroatoms. The van der Waals surface area contributed by atoms with Gasteiger partial charge in [0.05, 0.1) is 5.52 Å². The van der Waals surface area contributed by atoms with Crippen molar-refractivity contribution >= 4 is 17.0 Å². The molecule has 0 aromatic carbocycles. The largest absolute Gasteiger partial charge is 0.373 e. The predicted molar refractivity (Wildman–Crippen MR) is 71.6 cm³/mol. The average molecular weight is 242 g/mol. The van der Waals surface area contributed by atoms with Gasteiger partial charge in [-0.1, -0.05) is 12.8 Å². The van der Waals surface area contributed by atoms with Crippen LogP contribution in [0.5, 0.6) is 0 Å². The number of aromatic amines is 1. The van der Waals surface area contributed by atoms with Gasteiger partial charge in [0.25, 0.3) is 0 Å². The Labute approximate surface area is 106 Å². The minimum absolute atomic E-state index is 0.680. The molecule has 2 saturated carbocycles. The Hall–Kier alpha value is -1.58. The normalized spacial score (nSPS) is 30.2. The topological polar surface area (TPSA) is 53.6 Å². The summed E-state index contributed by atoms with van der Waals surface area (Å²) in [6, 6.07) is 4.06. The fraction of sp³-hybridized carbons (Fsp3) is 0.571. The van der Waals surface area contributed by atoms with Crippen molar-refractivity contribution in [2.75, 3.05) is 12.4 Å². The van der Waals surface area contributed by atoms with Crippen LogP contribution in [0.1, 0.15) is 37.4 Å². The van der Waals surface area contributed by atoms with Crippen molar-refractivity contribution in [2.24, 2.45) is 11.8 Å². The van der Waals surface area contributed by atoms with Crippen LogP contribution in [0, 0.1) is 11.8 Å². The number of aromatic nitrogens is 3. The summed E-state index contributed by atoms with van der Waals surface area (Å²) in [5.74, 6) is 4.52. The van der Waals surface area contributed by atoms with E-state index in [2.05, 4.69) is 21.4 Å². The average Bonchev–Trinajstić information content (AvgIpc) is 3.00. The molecule has 2 aromatic heterocycles. The van der Waals surface area contributed by atoms with Gasteiger partial charge in [-0.25, -0.2) is 9.97 Å². The summed E-state index contributed by atoms with van der Waals surface area (Å²) >= 11 is 0. The lowest BCUT2D eigenvalue weighted by atomic mass is 10.0. The van der Waals surface area contributed by atoms with E-state index in [1.54, 1.807) is 0 Å². The summed E-state index contributed by atoms with van der Waals surface area (Å²) in [7, 11) is 1.89. The molecule has 2 aromatic rings. The Balaban J connectivity index is 1.69. The molecule has 0 spiro atoms. The number of hydrogen-bond acceptors (Lipinski definition) is 3. The summed E-state index contributed by atoms with van der Waals surface area (Å²) < 4.78 is 0. The molecule has 2 N–H and O–H groups in total. The van der Waals surface area contributed by atoms with E-state index < -0.39 is 0 Å². The third-order valence-electron chi connectivity index (χ3n) is 4.59. The van der Waals surface area contributed by atoms with Crippen LogP contribution in [0.2, 0.25) is 0 Å². The summed E-state index contributed by atoms with van der Waals surface area (Å²) in [5, 5.41) is 3.06. The third kappa shape index (κ3) is 1.44. The molecule has 0 radical (unpaired) electrons. The van der Waals surface area contributed by atoms with Crippen LogP contribution >= 0.6 is 0 Å². The van der Waals surface area contributed by atoms with Crippen molar-refractivity contribution in [1.82, 2.24) is 15.0 Å². The lowest BCUT2D eigenvalue weighted by Crippen LogP contribution is -1.91. The van der Waals surface area contributed by atoms with E-state index in [1.165, 1.54) is 31.5 Å². The number of H-pyrrole nitrogens is 1. The fourth-order valence-electron chi connectivity index (χ4n) is 3.61. The minimum Gasteiger partial charge on any atom is -0.373 e. The van der Waals surface area contributed by atoms with Crippen LogP contribution in [0.4, 0.5) is 5.82 Å². The first-order chi connectivity index (χ1) is 8.86. The van der Waals surface area contributed by atoms with Crippen LogP contribution in [0.25, 0.3) is 11.2 Å². The lowest BCUT2D eigenvalue weighted by Gasteiger charge is -2.04. The van der Waals surface area contributed by atoms with Crippen LogP contribution in [0.3, 0.4) is 0 Å². The highest BCUT2D eigenvalue weighted by atomic mass is 15.1. The van der Waals surface area contributed by atoms with Gasteiger partial charge in [-0.2, -0.15) is 0 Å². The van der Waals surface area contributed by atoms with Crippen LogP contribution < -0.4 is 5.32 Å². The van der Waals surface area contributed by atoms with E-state index in [4.69, 9.17) is 4.98 Å². The fourth-order valence-corrected chi connectivity index (χ4v) is 3.61. The quantitative estimate of drug-likeness (QED) is 0.851. The highest BCUT2D eigenvalue weighted by Crippen LogP contribution is 2.60. The maximum Gasteiger partial charge on any atom is 0.179 e. The van der Waals surface area contributed by atoms with Gasteiger partial charge in [0.1, 0.15) is 11.6 Å². The first kappa shape index (κ1) is 10.4. The van der Waals surface area contributed by atoms with Gasteiger partial charge in [0.2, 0.25) is 0 Å². The van der Waals surface area contributed by atoms with Crippen molar-refractivity contribution in [3.05, 3.63) is 18.0 Å². The smallest absolute Gasteiger partial charge is 0.179 e. The Morgan fingerprint density at radius 2 is 1.94 bits per heavy atom. The molecule has 0 aliphatic heterocycles. The standard InChI is InChI=1S/C14H18N4/c1-15-11-7-6-10-13(17-11)18-14(16-10)12-8-4-2-3-5-9(8)12/h6-9,12H,2-5H2,1H3,(H2,15,16,17,18). The second kappa shape index (κ2) is 3.70. The number of rotatable bonds is 2. The van der Waals surface area contributed by atoms with E-state index in [9.17, 15) is 0 Å². The molecular weight excluding hydrogens is 224 g/mol. The Morgan fingerprint density at radius 1 is 1.17 bits per heavy atom. The first-order valence-corrected chi connectivity index (χ1v) is 6.91. The minimum atomic E-state index is 0.680. The summed E-state index contributed by atoms with van der Waals surface area (Å²) in [5.41, 5.74) is 1.91. The van der Waals surface area contributed by atoms with Gasteiger partial charge in [-0.3, -0.25) is 0 Å². The molecule has 18 heavy (non-hydrogen) atoms. The molecule has 4 rings (SSSR count). The molecular formula is C14H18N4. The second-order valence-electron chi connectivity index (χ2n) is 5.58. The molecule has 0 saturated heterocycles. The van der Waals surface area contributed by atoms with Crippen molar-refractivity contribution in [3.63, 3.8) is 0 Å². The molecule has 2 heterocycles. The zero-order chi connectivity index (χ0) is 12.1. The summed E-state index contributed by atoms with van der Waals surface area (Å²) in [6.45, 7) is 0. The number of anilines is 1. The van der Waals surface area contributed by atoms with E-state index in [0.717, 1.165) is 28.8 Å². The number of fused-ring (bicyclic) bond motifs is 2. The van der Waals surface area contributed by atoms with E-state index in [-0.39, 0.29) is 0 Å². The Kier molecular flexibility index (Phi) is 2.13. The maximum atomic E-state index is 4.70. The Bertz CT molecular complexity index is 576. The lowest BCUT2D eigenvalue weighted by molar-refractivity contribution is 0.480. The molecule has 0 amide bonds. The van der Waals surface area contributed by atoms with Crippen LogP contribution in [-0.2, 0) is 0 Å². The second-order valence-corrected chi connectivity index (χ2v) is 5.58. The van der Waals surface area contributed by atoms with Gasteiger partial charge < -0.3 is 10.3 Å². The molecule has 0 bridgehead atoms. The Morgan fingerprint density at radius 3 is 2.67 bits per heavy atom.